The van der Waals surface area contributed by atoms with Gasteiger partial charge in [0.05, 0.1) is 0 Å². The molecule has 2 fully saturated rings. The molecule has 0 aromatic rings. The van der Waals surface area contributed by atoms with Crippen LogP contribution < -0.4 is 0 Å². The van der Waals surface area contributed by atoms with Gasteiger partial charge in [0, 0.05) is 0 Å². The molecule has 4 atom stereocenters. The molecule has 4 unspecified atom stereocenters. The summed E-state index contributed by atoms with van der Waals surface area (Å²) < 4.78 is 0. The maximum absolute atomic E-state index is 2.54. The Hall–Kier alpha value is 0.860. The van der Waals surface area contributed by atoms with Gasteiger partial charge in [-0.1, -0.05) is 6.42 Å². The molecule has 0 aromatic heterocycles. The molecule has 88 valence electrons. The molecule has 2 rings (SSSR count). The highest BCUT2D eigenvalue weighted by atomic mass is 31.1. The van der Waals surface area contributed by atoms with Crippen LogP contribution in [0.2, 0.25) is 0 Å². The quantitative estimate of drug-likeness (QED) is 0.628. The monoisotopic (exact) mass is 244 g/mol. The third-order valence-corrected chi connectivity index (χ3v) is 9.99. The number of hydrogen-bond acceptors (Lipinski definition) is 0. The second-order valence-corrected chi connectivity index (χ2v) is 10.9. The van der Waals surface area contributed by atoms with Gasteiger partial charge in [0.25, 0.3) is 0 Å². The van der Waals surface area contributed by atoms with Crippen molar-refractivity contribution in [1.82, 2.24) is 0 Å². The first-order valence-corrected chi connectivity index (χ1v) is 10.8. The summed E-state index contributed by atoms with van der Waals surface area (Å²) in [6, 6.07) is 0. The predicted octanol–water partition coefficient (Wildman–Crippen LogP) is 4.70. The Morgan fingerprint density at radius 2 is 1.33 bits per heavy atom. The van der Waals surface area contributed by atoms with Crippen LogP contribution in [0, 0.1) is 0 Å². The lowest BCUT2D eigenvalue weighted by atomic mass is 10.1. The molecule has 15 heavy (non-hydrogen) atoms. The maximum Gasteiger partial charge on any atom is -0.0212 e. The lowest BCUT2D eigenvalue weighted by Crippen LogP contribution is -2.03. The Labute approximate surface area is 98.1 Å². The van der Waals surface area contributed by atoms with Crippen molar-refractivity contribution < 1.29 is 0 Å². The maximum atomic E-state index is 2.54. The van der Waals surface area contributed by atoms with Crippen LogP contribution in [-0.4, -0.2) is 37.0 Å². The molecule has 2 aliphatic heterocycles. The van der Waals surface area contributed by atoms with Crippen molar-refractivity contribution in [2.45, 2.75) is 56.3 Å². The van der Waals surface area contributed by atoms with E-state index in [4.69, 9.17) is 0 Å². The molecule has 0 spiro atoms. The fourth-order valence-corrected chi connectivity index (χ4v) is 7.86. The van der Waals surface area contributed by atoms with E-state index in [0.717, 1.165) is 11.3 Å². The molecule has 0 saturated carbocycles. The molecule has 2 aliphatic rings. The fraction of sp³-hybridized carbons (Fsp3) is 1.00. The van der Waals surface area contributed by atoms with Crippen LogP contribution in [0.1, 0.15) is 44.9 Å². The van der Waals surface area contributed by atoms with Crippen LogP contribution in [0.3, 0.4) is 0 Å². The van der Waals surface area contributed by atoms with E-state index in [1.807, 2.05) is 0 Å². The Morgan fingerprint density at radius 1 is 0.867 bits per heavy atom. The summed E-state index contributed by atoms with van der Waals surface area (Å²) in [4.78, 5) is 0. The summed E-state index contributed by atoms with van der Waals surface area (Å²) in [6.45, 7) is 5.07. The first-order chi connectivity index (χ1) is 7.27. The molecule has 0 aromatic carbocycles. The predicted molar refractivity (Wildman–Crippen MR) is 75.3 cm³/mol. The van der Waals surface area contributed by atoms with E-state index < -0.39 is 0 Å². The van der Waals surface area contributed by atoms with Gasteiger partial charge >= 0.3 is 0 Å². The van der Waals surface area contributed by atoms with Crippen molar-refractivity contribution >= 4 is 15.8 Å². The molecule has 2 heterocycles. The minimum Gasteiger partial charge on any atom is -0.107 e. The summed E-state index contributed by atoms with van der Waals surface area (Å²) in [5.74, 6) is 0. The molecule has 0 N–H and O–H groups in total. The summed E-state index contributed by atoms with van der Waals surface area (Å²) >= 11 is 0. The summed E-state index contributed by atoms with van der Waals surface area (Å²) in [6.07, 6.45) is 14.0. The Balaban J connectivity index is 1.62. The highest BCUT2D eigenvalue weighted by Crippen LogP contribution is 2.51. The van der Waals surface area contributed by atoms with Crippen molar-refractivity contribution in [3.63, 3.8) is 0 Å². The van der Waals surface area contributed by atoms with Crippen LogP contribution in [0.15, 0.2) is 0 Å². The standard InChI is InChI=1S/C13H26P2/c1-14-10-4-8-12(14)6-3-7-13-9-5-11-15(13)2/h12-13H,3-11H2,1-2H3. The second-order valence-electron chi connectivity index (χ2n) is 5.48. The first kappa shape index (κ1) is 12.3. The fourth-order valence-electron chi connectivity index (χ4n) is 3.28. The van der Waals surface area contributed by atoms with E-state index in [-0.39, 0.29) is 0 Å². The summed E-state index contributed by atoms with van der Waals surface area (Å²) in [5, 5.41) is 0. The van der Waals surface area contributed by atoms with Crippen LogP contribution in [0.25, 0.3) is 0 Å². The van der Waals surface area contributed by atoms with Crippen LogP contribution >= 0.6 is 15.8 Å². The molecule has 2 saturated heterocycles. The SMILES string of the molecule is CP1CCCC1CCCC1CCCP1C. The average molecular weight is 244 g/mol. The molecular weight excluding hydrogens is 218 g/mol. The van der Waals surface area contributed by atoms with E-state index in [1.54, 1.807) is 44.4 Å². The highest BCUT2D eigenvalue weighted by molar-refractivity contribution is 7.58. The van der Waals surface area contributed by atoms with E-state index in [0.29, 0.717) is 15.8 Å². The van der Waals surface area contributed by atoms with E-state index in [2.05, 4.69) is 13.3 Å². The van der Waals surface area contributed by atoms with Gasteiger partial charge in [-0.2, -0.15) is 0 Å². The average Bonchev–Trinajstić information content (AvgIpc) is 2.78. The largest absolute Gasteiger partial charge is 0.107 e. The Morgan fingerprint density at radius 3 is 1.67 bits per heavy atom. The zero-order valence-corrected chi connectivity index (χ0v) is 12.2. The van der Waals surface area contributed by atoms with Crippen molar-refractivity contribution in [2.75, 3.05) is 25.7 Å². The van der Waals surface area contributed by atoms with Crippen LogP contribution in [-0.2, 0) is 0 Å². The van der Waals surface area contributed by atoms with Gasteiger partial charge in [-0.3, -0.25) is 0 Å². The second kappa shape index (κ2) is 5.97. The summed E-state index contributed by atoms with van der Waals surface area (Å²) in [5.41, 5.74) is 2.31. The minimum atomic E-state index is 0.442. The zero-order valence-electron chi connectivity index (χ0n) is 10.4. The molecule has 0 radical (unpaired) electrons. The molecule has 0 aliphatic carbocycles. The van der Waals surface area contributed by atoms with Gasteiger partial charge in [-0.15, -0.1) is 15.8 Å². The minimum absolute atomic E-state index is 0.442. The molecule has 0 amide bonds. The molecule has 2 heteroatoms. The van der Waals surface area contributed by atoms with Gasteiger partial charge in [-0.25, -0.2) is 0 Å². The van der Waals surface area contributed by atoms with Crippen molar-refractivity contribution in [2.24, 2.45) is 0 Å². The van der Waals surface area contributed by atoms with Gasteiger partial charge in [0.1, 0.15) is 0 Å². The topological polar surface area (TPSA) is 0 Å². The third-order valence-electron chi connectivity index (χ3n) is 4.42. The van der Waals surface area contributed by atoms with E-state index >= 15 is 0 Å². The smallest absolute Gasteiger partial charge is 0.0212 e. The lowest BCUT2D eigenvalue weighted by Gasteiger charge is -2.19. The Kier molecular flexibility index (Phi) is 4.91. The van der Waals surface area contributed by atoms with Gasteiger partial charge < -0.3 is 0 Å². The summed E-state index contributed by atoms with van der Waals surface area (Å²) in [7, 11) is 0.884. The van der Waals surface area contributed by atoms with E-state index in [1.165, 1.54) is 12.8 Å². The molecule has 0 bridgehead atoms. The van der Waals surface area contributed by atoms with Gasteiger partial charge in [0.2, 0.25) is 0 Å². The van der Waals surface area contributed by atoms with Crippen molar-refractivity contribution in [1.29, 1.82) is 0 Å². The number of rotatable bonds is 4. The number of hydrogen-bond donors (Lipinski definition) is 0. The molecular formula is C13H26P2. The van der Waals surface area contributed by atoms with Crippen molar-refractivity contribution in [3.05, 3.63) is 0 Å². The third kappa shape index (κ3) is 3.41. The van der Waals surface area contributed by atoms with E-state index in [9.17, 15) is 0 Å². The van der Waals surface area contributed by atoms with Crippen molar-refractivity contribution in [3.8, 4) is 0 Å². The van der Waals surface area contributed by atoms with Gasteiger partial charge in [-0.05, 0) is 75.5 Å². The lowest BCUT2D eigenvalue weighted by molar-refractivity contribution is 0.607. The highest BCUT2D eigenvalue weighted by Gasteiger charge is 2.25. The first-order valence-electron chi connectivity index (χ1n) is 6.68. The van der Waals surface area contributed by atoms with Gasteiger partial charge in [0.15, 0.2) is 0 Å². The van der Waals surface area contributed by atoms with Crippen LogP contribution in [0.5, 0.6) is 0 Å². The molecule has 0 nitrogen and oxygen atoms in total. The Bertz CT molecular complexity index is 173. The zero-order chi connectivity index (χ0) is 10.7. The van der Waals surface area contributed by atoms with Crippen LogP contribution in [0.4, 0.5) is 0 Å². The normalized spacial score (nSPS) is 41.2.